The van der Waals surface area contributed by atoms with Crippen molar-refractivity contribution in [1.29, 1.82) is 0 Å². The maximum Gasteiger partial charge on any atom is 0.0721 e. The quantitative estimate of drug-likeness (QED) is 0.502. The highest BCUT2D eigenvalue weighted by Crippen LogP contribution is 2.44. The molecule has 3 fully saturated rings. The molecule has 2 aromatic carbocycles. The van der Waals surface area contributed by atoms with Crippen LogP contribution in [0, 0.1) is 5.41 Å². The number of nitrogens with zero attached hydrogens (tertiary/aromatic N) is 3. The molecule has 0 saturated carbocycles. The molecular weight excluding hydrogens is 480 g/mol. The van der Waals surface area contributed by atoms with Crippen LogP contribution in [0.5, 0.6) is 0 Å². The summed E-state index contributed by atoms with van der Waals surface area (Å²) < 4.78 is 0. The average molecular weight is 527 g/mol. The number of aryl methyl sites for hydroxylation is 1. The Labute approximate surface area is 234 Å². The van der Waals surface area contributed by atoms with Crippen LogP contribution in [-0.4, -0.2) is 68.2 Å². The van der Waals surface area contributed by atoms with Gasteiger partial charge in [-0.15, -0.1) is 0 Å². The zero-order valence-electron chi connectivity index (χ0n) is 23.9. The number of likely N-dealkylation sites (tertiary alicyclic amines) is 1. The molecule has 1 spiro atoms. The van der Waals surface area contributed by atoms with Crippen molar-refractivity contribution in [2.24, 2.45) is 11.1 Å². The minimum atomic E-state index is 0.0146. The van der Waals surface area contributed by atoms with Gasteiger partial charge < -0.3 is 31.1 Å². The van der Waals surface area contributed by atoms with Gasteiger partial charge in [-0.05, 0) is 74.6 Å². The summed E-state index contributed by atoms with van der Waals surface area (Å²) in [6.07, 6.45) is 7.47. The number of anilines is 2. The maximum absolute atomic E-state index is 6.06. The Morgan fingerprint density at radius 1 is 1.05 bits per heavy atom. The Kier molecular flexibility index (Phi) is 7.34. The zero-order chi connectivity index (χ0) is 27.0. The summed E-state index contributed by atoms with van der Waals surface area (Å²) in [7, 11) is 0. The predicted octanol–water partition coefficient (Wildman–Crippen LogP) is 4.82. The molecule has 0 radical (unpaired) electrons. The van der Waals surface area contributed by atoms with Gasteiger partial charge in [0.15, 0.2) is 0 Å². The molecule has 39 heavy (non-hydrogen) atoms. The third-order valence-electron chi connectivity index (χ3n) is 9.57. The number of fused-ring (bicyclic) bond motifs is 1. The summed E-state index contributed by atoms with van der Waals surface area (Å²) in [5.41, 5.74) is 15.6. The highest BCUT2D eigenvalue weighted by Gasteiger charge is 2.40. The first-order valence-electron chi connectivity index (χ1n) is 15.1. The normalized spacial score (nSPS) is 25.8. The number of hydrogen-bond acceptors (Lipinski definition) is 6. The van der Waals surface area contributed by atoms with Crippen LogP contribution in [0.2, 0.25) is 0 Å². The lowest BCUT2D eigenvalue weighted by Crippen LogP contribution is -2.48. The van der Waals surface area contributed by atoms with Crippen molar-refractivity contribution < 1.29 is 0 Å². The Morgan fingerprint density at radius 3 is 2.54 bits per heavy atom. The van der Waals surface area contributed by atoms with E-state index in [0.717, 1.165) is 57.9 Å². The standard InChI is InChI=1S/C33H46N6/c1-4-26-6-11-29-31(20-26)36-30(21-32(29)39-15-13-33(23-39)12-5-14-35-22-33)27-7-9-28(10-8-27)38-18-16-37(17-19-38)25(3)24(2)34/h6-11,20-21,24,30,35-36H,3-5,12-19,22-23,34H2,1-2H3. The van der Waals surface area contributed by atoms with Gasteiger partial charge in [0.1, 0.15) is 0 Å². The Morgan fingerprint density at radius 2 is 1.85 bits per heavy atom. The number of hydrogen-bond donors (Lipinski definition) is 3. The third kappa shape index (κ3) is 5.29. The highest BCUT2D eigenvalue weighted by atomic mass is 15.3. The Hall–Kier alpha value is -2.96. The van der Waals surface area contributed by atoms with Gasteiger partial charge in [0.25, 0.3) is 0 Å². The van der Waals surface area contributed by atoms with E-state index in [4.69, 9.17) is 5.73 Å². The third-order valence-corrected chi connectivity index (χ3v) is 9.57. The van der Waals surface area contributed by atoms with Crippen molar-refractivity contribution in [3.63, 3.8) is 0 Å². The van der Waals surface area contributed by atoms with Crippen molar-refractivity contribution in [3.8, 4) is 0 Å². The Balaban J connectivity index is 1.21. The highest BCUT2D eigenvalue weighted by molar-refractivity contribution is 5.80. The number of rotatable bonds is 6. The second kappa shape index (κ2) is 10.9. The fraction of sp³-hybridized carbons (Fsp3) is 0.515. The lowest BCUT2D eigenvalue weighted by Gasteiger charge is -2.39. The van der Waals surface area contributed by atoms with Gasteiger partial charge in [0, 0.05) is 85.6 Å². The van der Waals surface area contributed by atoms with Gasteiger partial charge in [0.05, 0.1) is 6.04 Å². The molecule has 0 amide bonds. The van der Waals surface area contributed by atoms with Gasteiger partial charge in [0.2, 0.25) is 0 Å². The first kappa shape index (κ1) is 26.3. The number of nitrogens with one attached hydrogen (secondary N) is 2. The first-order valence-corrected chi connectivity index (χ1v) is 15.1. The average Bonchev–Trinajstić information content (AvgIpc) is 3.38. The van der Waals surface area contributed by atoms with Crippen molar-refractivity contribution in [1.82, 2.24) is 15.1 Å². The number of piperazine rings is 1. The summed E-state index contributed by atoms with van der Waals surface area (Å²) in [6, 6.07) is 16.4. The van der Waals surface area contributed by atoms with Crippen LogP contribution in [0.25, 0.3) is 5.70 Å². The molecule has 3 atom stereocenters. The summed E-state index contributed by atoms with van der Waals surface area (Å²) in [6.45, 7) is 17.0. The second-order valence-electron chi connectivity index (χ2n) is 12.2. The molecule has 6 nitrogen and oxygen atoms in total. The molecule has 208 valence electrons. The summed E-state index contributed by atoms with van der Waals surface area (Å²) >= 11 is 0. The fourth-order valence-electron chi connectivity index (χ4n) is 7.02. The van der Waals surface area contributed by atoms with E-state index in [-0.39, 0.29) is 12.1 Å². The van der Waals surface area contributed by atoms with Gasteiger partial charge >= 0.3 is 0 Å². The summed E-state index contributed by atoms with van der Waals surface area (Å²) in [5, 5.41) is 7.56. The maximum atomic E-state index is 6.06. The smallest absolute Gasteiger partial charge is 0.0721 e. The van der Waals surface area contributed by atoms with E-state index < -0.39 is 0 Å². The molecule has 3 saturated heterocycles. The van der Waals surface area contributed by atoms with E-state index in [1.165, 1.54) is 59.6 Å². The molecule has 0 aromatic heterocycles. The molecular formula is C33H46N6. The molecule has 4 N–H and O–H groups in total. The largest absolute Gasteiger partial charge is 0.374 e. The van der Waals surface area contributed by atoms with E-state index in [1.54, 1.807) is 0 Å². The Bertz CT molecular complexity index is 1200. The van der Waals surface area contributed by atoms with Crippen LogP contribution in [0.4, 0.5) is 11.4 Å². The number of nitrogens with two attached hydrogens (primary N) is 1. The first-order chi connectivity index (χ1) is 18.9. The molecule has 4 heterocycles. The van der Waals surface area contributed by atoms with Crippen molar-refractivity contribution in [3.05, 3.63) is 77.5 Å². The predicted molar refractivity (Wildman–Crippen MR) is 164 cm³/mol. The van der Waals surface area contributed by atoms with Crippen molar-refractivity contribution in [2.45, 2.75) is 51.6 Å². The molecule has 4 aliphatic rings. The molecule has 6 heteroatoms. The summed E-state index contributed by atoms with van der Waals surface area (Å²) in [5.74, 6) is 0. The fourth-order valence-corrected chi connectivity index (χ4v) is 7.02. The van der Waals surface area contributed by atoms with E-state index in [2.05, 4.69) is 87.4 Å². The van der Waals surface area contributed by atoms with Crippen LogP contribution in [0.3, 0.4) is 0 Å². The molecule has 0 aliphatic carbocycles. The van der Waals surface area contributed by atoms with E-state index in [1.807, 2.05) is 6.92 Å². The van der Waals surface area contributed by atoms with Gasteiger partial charge in [-0.2, -0.15) is 0 Å². The van der Waals surface area contributed by atoms with E-state index >= 15 is 0 Å². The molecule has 0 bridgehead atoms. The molecule has 2 aromatic rings. The van der Waals surface area contributed by atoms with Crippen molar-refractivity contribution >= 4 is 17.1 Å². The molecule has 4 aliphatic heterocycles. The van der Waals surface area contributed by atoms with Crippen LogP contribution >= 0.6 is 0 Å². The lowest BCUT2D eigenvalue weighted by atomic mass is 9.80. The lowest BCUT2D eigenvalue weighted by molar-refractivity contribution is 0.221. The van der Waals surface area contributed by atoms with Crippen LogP contribution < -0.4 is 21.3 Å². The monoisotopic (exact) mass is 526 g/mol. The summed E-state index contributed by atoms with van der Waals surface area (Å²) in [4.78, 5) is 7.49. The molecule has 3 unspecified atom stereocenters. The van der Waals surface area contributed by atoms with E-state index in [9.17, 15) is 0 Å². The second-order valence-corrected chi connectivity index (χ2v) is 12.2. The minimum absolute atomic E-state index is 0.0146. The number of piperidine rings is 1. The van der Waals surface area contributed by atoms with Crippen LogP contribution in [0.1, 0.15) is 55.8 Å². The van der Waals surface area contributed by atoms with E-state index in [0.29, 0.717) is 5.41 Å². The van der Waals surface area contributed by atoms with Crippen LogP contribution in [0.15, 0.2) is 60.8 Å². The topological polar surface area (TPSA) is 59.8 Å². The van der Waals surface area contributed by atoms with Gasteiger partial charge in [-0.3, -0.25) is 0 Å². The molecule has 6 rings (SSSR count). The van der Waals surface area contributed by atoms with Gasteiger partial charge in [-0.25, -0.2) is 0 Å². The van der Waals surface area contributed by atoms with Crippen LogP contribution in [-0.2, 0) is 6.42 Å². The van der Waals surface area contributed by atoms with Crippen molar-refractivity contribution in [2.75, 3.05) is 62.6 Å². The zero-order valence-corrected chi connectivity index (χ0v) is 23.9. The SMILES string of the molecule is C=C(C(C)N)N1CCN(c2ccc(C3C=C(N4CCC5(CCCNC5)C4)c4ccc(CC)cc4N3)cc2)CC1. The van der Waals surface area contributed by atoms with Gasteiger partial charge in [-0.1, -0.05) is 37.8 Å². The minimum Gasteiger partial charge on any atom is -0.374 e. The number of benzene rings is 2.